The highest BCUT2D eigenvalue weighted by Crippen LogP contribution is 2.42. The first-order chi connectivity index (χ1) is 8.11. The standard InChI is InChI=1S/C14H24N2S/c1-5-12-7-6-8-14(9-12,15-4)13-16-10(2)11(3)17-13/h12,15H,5-9H2,1-4H3. The molecule has 0 spiro atoms. The molecule has 0 amide bonds. The van der Waals surface area contributed by atoms with Crippen molar-refractivity contribution in [3.63, 3.8) is 0 Å². The number of thiazole rings is 1. The highest BCUT2D eigenvalue weighted by Gasteiger charge is 2.38. The van der Waals surface area contributed by atoms with Gasteiger partial charge in [-0.1, -0.05) is 26.2 Å². The second kappa shape index (κ2) is 5.07. The molecule has 0 aromatic carbocycles. The molecular formula is C14H24N2S. The number of hydrogen-bond donors (Lipinski definition) is 1. The summed E-state index contributed by atoms with van der Waals surface area (Å²) in [5, 5.41) is 4.90. The van der Waals surface area contributed by atoms with Gasteiger partial charge in [0.05, 0.1) is 11.2 Å². The third-order valence-corrected chi connectivity index (χ3v) is 5.62. The minimum atomic E-state index is 0.155. The molecule has 1 aromatic heterocycles. The summed E-state index contributed by atoms with van der Waals surface area (Å²) in [4.78, 5) is 6.17. The monoisotopic (exact) mass is 252 g/mol. The van der Waals surface area contributed by atoms with Crippen molar-refractivity contribution in [2.24, 2.45) is 5.92 Å². The lowest BCUT2D eigenvalue weighted by molar-refractivity contribution is 0.185. The zero-order chi connectivity index (χ0) is 12.5. The Morgan fingerprint density at radius 2 is 2.24 bits per heavy atom. The summed E-state index contributed by atoms with van der Waals surface area (Å²) >= 11 is 1.88. The molecule has 1 heterocycles. The summed E-state index contributed by atoms with van der Waals surface area (Å²) in [5.41, 5.74) is 1.36. The molecule has 2 rings (SSSR count). The van der Waals surface area contributed by atoms with Crippen LogP contribution in [0, 0.1) is 19.8 Å². The fraction of sp³-hybridized carbons (Fsp3) is 0.786. The average Bonchev–Trinajstić information content (AvgIpc) is 2.70. The van der Waals surface area contributed by atoms with Gasteiger partial charge in [0.25, 0.3) is 0 Å². The van der Waals surface area contributed by atoms with Gasteiger partial charge in [0.2, 0.25) is 0 Å². The van der Waals surface area contributed by atoms with Crippen LogP contribution in [-0.4, -0.2) is 12.0 Å². The molecule has 1 aliphatic rings. The summed E-state index contributed by atoms with van der Waals surface area (Å²) in [6.45, 7) is 6.62. The summed E-state index contributed by atoms with van der Waals surface area (Å²) in [5.74, 6) is 0.862. The van der Waals surface area contributed by atoms with Gasteiger partial charge in [-0.3, -0.25) is 0 Å². The number of nitrogens with zero attached hydrogens (tertiary/aromatic N) is 1. The van der Waals surface area contributed by atoms with Crippen molar-refractivity contribution in [2.75, 3.05) is 7.05 Å². The lowest BCUT2D eigenvalue weighted by Crippen LogP contribution is -2.44. The molecule has 1 N–H and O–H groups in total. The molecule has 3 heteroatoms. The Balaban J connectivity index is 2.29. The minimum Gasteiger partial charge on any atom is -0.308 e. The quantitative estimate of drug-likeness (QED) is 0.885. The van der Waals surface area contributed by atoms with Crippen molar-refractivity contribution in [3.05, 3.63) is 15.6 Å². The number of aromatic nitrogens is 1. The van der Waals surface area contributed by atoms with E-state index in [1.54, 1.807) is 0 Å². The molecular weight excluding hydrogens is 228 g/mol. The van der Waals surface area contributed by atoms with E-state index in [4.69, 9.17) is 4.98 Å². The minimum absolute atomic E-state index is 0.155. The van der Waals surface area contributed by atoms with E-state index in [9.17, 15) is 0 Å². The molecule has 0 saturated heterocycles. The smallest absolute Gasteiger partial charge is 0.113 e. The first kappa shape index (κ1) is 13.0. The van der Waals surface area contributed by atoms with E-state index in [1.165, 1.54) is 47.7 Å². The maximum Gasteiger partial charge on any atom is 0.113 e. The number of hydrogen-bond acceptors (Lipinski definition) is 3. The van der Waals surface area contributed by atoms with E-state index in [-0.39, 0.29) is 5.54 Å². The number of nitrogens with one attached hydrogen (secondary N) is 1. The fourth-order valence-electron chi connectivity index (χ4n) is 2.94. The Labute approximate surface area is 109 Å². The van der Waals surface area contributed by atoms with E-state index < -0.39 is 0 Å². The molecule has 2 nitrogen and oxygen atoms in total. The summed E-state index contributed by atoms with van der Waals surface area (Å²) in [7, 11) is 2.10. The van der Waals surface area contributed by atoms with Gasteiger partial charge in [-0.15, -0.1) is 11.3 Å². The van der Waals surface area contributed by atoms with Crippen LogP contribution in [0.5, 0.6) is 0 Å². The predicted octanol–water partition coefficient (Wildman–Crippen LogP) is 3.77. The van der Waals surface area contributed by atoms with Gasteiger partial charge in [0.1, 0.15) is 5.01 Å². The molecule has 1 fully saturated rings. The average molecular weight is 252 g/mol. The van der Waals surface area contributed by atoms with Crippen molar-refractivity contribution < 1.29 is 0 Å². The van der Waals surface area contributed by atoms with Crippen LogP contribution in [0.25, 0.3) is 0 Å². The lowest BCUT2D eigenvalue weighted by Gasteiger charge is -2.39. The Bertz CT molecular complexity index is 366. The zero-order valence-electron chi connectivity index (χ0n) is 11.5. The van der Waals surface area contributed by atoms with E-state index >= 15 is 0 Å². The molecule has 0 bridgehead atoms. The maximum atomic E-state index is 4.80. The molecule has 1 saturated carbocycles. The van der Waals surface area contributed by atoms with Gasteiger partial charge < -0.3 is 5.32 Å². The van der Waals surface area contributed by atoms with Crippen LogP contribution in [0.2, 0.25) is 0 Å². The van der Waals surface area contributed by atoms with Crippen molar-refractivity contribution in [1.82, 2.24) is 10.3 Å². The normalized spacial score (nSPS) is 29.5. The Kier molecular flexibility index (Phi) is 3.88. The van der Waals surface area contributed by atoms with Crippen LogP contribution in [0.4, 0.5) is 0 Å². The maximum absolute atomic E-state index is 4.80. The van der Waals surface area contributed by atoms with E-state index in [0.29, 0.717) is 0 Å². The van der Waals surface area contributed by atoms with Crippen molar-refractivity contribution in [2.45, 2.75) is 58.4 Å². The van der Waals surface area contributed by atoms with Gasteiger partial charge in [-0.2, -0.15) is 0 Å². The van der Waals surface area contributed by atoms with Crippen LogP contribution < -0.4 is 5.32 Å². The Morgan fingerprint density at radius 1 is 1.47 bits per heavy atom. The third-order valence-electron chi connectivity index (χ3n) is 4.35. The molecule has 1 aromatic rings. The van der Waals surface area contributed by atoms with Crippen LogP contribution in [0.1, 0.15) is 54.6 Å². The molecule has 17 heavy (non-hydrogen) atoms. The van der Waals surface area contributed by atoms with Crippen LogP contribution in [0.15, 0.2) is 0 Å². The largest absolute Gasteiger partial charge is 0.308 e. The summed E-state index contributed by atoms with van der Waals surface area (Å²) in [6, 6.07) is 0. The molecule has 2 atom stereocenters. The summed E-state index contributed by atoms with van der Waals surface area (Å²) < 4.78 is 0. The summed E-state index contributed by atoms with van der Waals surface area (Å²) in [6.07, 6.45) is 6.52. The van der Waals surface area contributed by atoms with Crippen molar-refractivity contribution in [3.8, 4) is 0 Å². The zero-order valence-corrected chi connectivity index (χ0v) is 12.3. The fourth-order valence-corrected chi connectivity index (χ4v) is 4.09. The Morgan fingerprint density at radius 3 is 2.76 bits per heavy atom. The first-order valence-electron chi connectivity index (χ1n) is 6.74. The third kappa shape index (κ3) is 2.41. The highest BCUT2D eigenvalue weighted by atomic mass is 32.1. The van der Waals surface area contributed by atoms with Crippen LogP contribution in [0.3, 0.4) is 0 Å². The lowest BCUT2D eigenvalue weighted by atomic mass is 9.75. The predicted molar refractivity (Wildman–Crippen MR) is 74.6 cm³/mol. The van der Waals surface area contributed by atoms with Gasteiger partial charge in [0, 0.05) is 4.88 Å². The van der Waals surface area contributed by atoms with Gasteiger partial charge >= 0.3 is 0 Å². The van der Waals surface area contributed by atoms with Crippen molar-refractivity contribution >= 4 is 11.3 Å². The second-order valence-corrected chi connectivity index (χ2v) is 6.57. The molecule has 2 unspecified atom stereocenters. The van der Waals surface area contributed by atoms with Gasteiger partial charge in [0.15, 0.2) is 0 Å². The number of rotatable bonds is 3. The first-order valence-corrected chi connectivity index (χ1v) is 7.56. The highest BCUT2D eigenvalue weighted by molar-refractivity contribution is 7.11. The number of aryl methyl sites for hydroxylation is 2. The van der Waals surface area contributed by atoms with E-state index in [2.05, 4.69) is 33.1 Å². The van der Waals surface area contributed by atoms with E-state index in [1.807, 2.05) is 11.3 Å². The van der Waals surface area contributed by atoms with Gasteiger partial charge in [-0.25, -0.2) is 4.98 Å². The SMILES string of the molecule is CCC1CCCC(NC)(c2nc(C)c(C)s2)C1. The molecule has 96 valence electrons. The molecule has 1 aliphatic carbocycles. The second-order valence-electron chi connectivity index (χ2n) is 5.36. The van der Waals surface area contributed by atoms with Crippen LogP contribution in [-0.2, 0) is 5.54 Å². The molecule has 0 aliphatic heterocycles. The molecule has 0 radical (unpaired) electrons. The topological polar surface area (TPSA) is 24.9 Å². The Hall–Kier alpha value is -0.410. The van der Waals surface area contributed by atoms with E-state index in [0.717, 1.165) is 5.92 Å². The van der Waals surface area contributed by atoms with Crippen molar-refractivity contribution in [1.29, 1.82) is 0 Å². The van der Waals surface area contributed by atoms with Crippen LogP contribution >= 0.6 is 11.3 Å². The van der Waals surface area contributed by atoms with Gasteiger partial charge in [-0.05, 0) is 39.7 Å².